The summed E-state index contributed by atoms with van der Waals surface area (Å²) in [6, 6.07) is 14.8. The third-order valence-corrected chi connectivity index (χ3v) is 5.14. The molecule has 0 aliphatic rings. The summed E-state index contributed by atoms with van der Waals surface area (Å²) in [6.07, 6.45) is 2.95. The highest BCUT2D eigenvalue weighted by molar-refractivity contribution is 5.83. The molecule has 10 heteroatoms. The van der Waals surface area contributed by atoms with E-state index < -0.39 is 11.8 Å². The Balaban J connectivity index is 1.49. The highest BCUT2D eigenvalue weighted by Gasteiger charge is 2.08. The second-order valence-electron chi connectivity index (χ2n) is 7.97. The summed E-state index contributed by atoms with van der Waals surface area (Å²) in [7, 11) is 0. The van der Waals surface area contributed by atoms with Gasteiger partial charge in [0, 0.05) is 12.8 Å². The number of benzene rings is 2. The first-order valence-corrected chi connectivity index (χ1v) is 12.0. The maximum atomic E-state index is 11.8. The fourth-order valence-electron chi connectivity index (χ4n) is 2.99. The van der Waals surface area contributed by atoms with Gasteiger partial charge in [0.15, 0.2) is 13.2 Å². The summed E-state index contributed by atoms with van der Waals surface area (Å²) in [4.78, 5) is 47.3. The molecule has 2 aromatic rings. The molecule has 0 atom stereocenters. The Kier molecular flexibility index (Phi) is 12.3. The van der Waals surface area contributed by atoms with Gasteiger partial charge in [-0.05, 0) is 61.1 Å². The van der Waals surface area contributed by atoms with Crippen LogP contribution in [0.25, 0.3) is 0 Å². The number of nitrogens with one attached hydrogen (secondary N) is 4. The third-order valence-electron chi connectivity index (χ3n) is 5.14. The molecular formula is C26H34N4O6. The van der Waals surface area contributed by atoms with Gasteiger partial charge in [0.25, 0.3) is 11.8 Å². The molecule has 0 saturated heterocycles. The molecule has 0 fully saturated rings. The summed E-state index contributed by atoms with van der Waals surface area (Å²) >= 11 is 0. The SMILES string of the molecule is CCc1ccc(OCC(=O)NNC(=O)CCCCC(=O)NNC(=O)COc2ccc(CC)cc2)cc1. The molecule has 4 N–H and O–H groups in total. The summed E-state index contributed by atoms with van der Waals surface area (Å²) in [5, 5.41) is 0. The molecule has 0 heterocycles. The Labute approximate surface area is 211 Å². The van der Waals surface area contributed by atoms with Gasteiger partial charge in [0.1, 0.15) is 11.5 Å². The topological polar surface area (TPSA) is 135 Å². The van der Waals surface area contributed by atoms with Crippen LogP contribution in [0.4, 0.5) is 0 Å². The van der Waals surface area contributed by atoms with Crippen molar-refractivity contribution in [2.75, 3.05) is 13.2 Å². The van der Waals surface area contributed by atoms with Crippen LogP contribution in [0.2, 0.25) is 0 Å². The molecule has 4 amide bonds. The molecule has 2 rings (SSSR count). The zero-order valence-electron chi connectivity index (χ0n) is 20.7. The molecule has 0 spiro atoms. The minimum Gasteiger partial charge on any atom is -0.484 e. The van der Waals surface area contributed by atoms with E-state index in [0.29, 0.717) is 24.3 Å². The van der Waals surface area contributed by atoms with Crippen molar-refractivity contribution in [3.63, 3.8) is 0 Å². The average Bonchev–Trinajstić information content (AvgIpc) is 2.91. The summed E-state index contributed by atoms with van der Waals surface area (Å²) < 4.78 is 10.7. The van der Waals surface area contributed by atoms with Gasteiger partial charge in [-0.25, -0.2) is 0 Å². The number of hydrogen-bond acceptors (Lipinski definition) is 6. The Morgan fingerprint density at radius 3 is 1.22 bits per heavy atom. The second-order valence-corrected chi connectivity index (χ2v) is 7.97. The zero-order chi connectivity index (χ0) is 26.2. The van der Waals surface area contributed by atoms with Gasteiger partial charge in [-0.1, -0.05) is 38.1 Å². The molecule has 0 radical (unpaired) electrons. The molecule has 0 bridgehead atoms. The number of amides is 4. The Hall–Kier alpha value is -4.08. The second kappa shape index (κ2) is 15.8. The van der Waals surface area contributed by atoms with Gasteiger partial charge >= 0.3 is 0 Å². The fraction of sp³-hybridized carbons (Fsp3) is 0.385. The van der Waals surface area contributed by atoms with E-state index in [1.807, 2.05) is 38.1 Å². The van der Waals surface area contributed by atoms with E-state index in [9.17, 15) is 19.2 Å². The lowest BCUT2D eigenvalue weighted by atomic mass is 10.2. The standard InChI is InChI=1S/C26H34N4O6/c1-3-19-9-13-21(14-10-19)35-17-25(33)29-27-23(31)7-5-6-8-24(32)28-30-26(34)18-36-22-15-11-20(4-2)12-16-22/h9-16H,3-8,17-18H2,1-2H3,(H,27,31)(H,28,32)(H,29,33)(H,30,34). The van der Waals surface area contributed by atoms with E-state index in [2.05, 4.69) is 21.7 Å². The van der Waals surface area contributed by atoms with E-state index in [1.165, 1.54) is 11.1 Å². The number of rotatable bonds is 13. The molecule has 0 aliphatic carbocycles. The average molecular weight is 499 g/mol. The van der Waals surface area contributed by atoms with Crippen LogP contribution in [-0.2, 0) is 32.0 Å². The van der Waals surface area contributed by atoms with Crippen LogP contribution in [0.1, 0.15) is 50.7 Å². The molecule has 0 aliphatic heterocycles. The van der Waals surface area contributed by atoms with E-state index in [-0.39, 0.29) is 37.9 Å². The predicted octanol–water partition coefficient (Wildman–Crippen LogP) is 2.12. The van der Waals surface area contributed by atoms with Crippen LogP contribution in [0.3, 0.4) is 0 Å². The lowest BCUT2D eigenvalue weighted by Crippen LogP contribution is -2.44. The third kappa shape index (κ3) is 11.4. The van der Waals surface area contributed by atoms with Crippen LogP contribution in [0.15, 0.2) is 48.5 Å². The van der Waals surface area contributed by atoms with Gasteiger partial charge in [0.2, 0.25) is 11.8 Å². The van der Waals surface area contributed by atoms with Crippen molar-refractivity contribution in [3.05, 3.63) is 59.7 Å². The number of hydrazine groups is 2. The number of aryl methyl sites for hydroxylation is 2. The minimum atomic E-state index is -0.486. The van der Waals surface area contributed by atoms with Gasteiger partial charge < -0.3 is 9.47 Å². The molecule has 0 aromatic heterocycles. The largest absolute Gasteiger partial charge is 0.484 e. The predicted molar refractivity (Wildman–Crippen MR) is 134 cm³/mol. The first-order chi connectivity index (χ1) is 17.4. The van der Waals surface area contributed by atoms with Crippen LogP contribution in [0.5, 0.6) is 11.5 Å². The first kappa shape index (κ1) is 28.2. The lowest BCUT2D eigenvalue weighted by molar-refractivity contribution is -0.130. The number of carbonyl (C=O) groups excluding carboxylic acids is 4. The smallest absolute Gasteiger partial charge is 0.276 e. The highest BCUT2D eigenvalue weighted by atomic mass is 16.5. The van der Waals surface area contributed by atoms with Crippen molar-refractivity contribution in [1.29, 1.82) is 0 Å². The Bertz CT molecular complexity index is 911. The van der Waals surface area contributed by atoms with Crippen molar-refractivity contribution in [2.24, 2.45) is 0 Å². The first-order valence-electron chi connectivity index (χ1n) is 12.0. The number of ether oxygens (including phenoxy) is 2. The van der Waals surface area contributed by atoms with E-state index in [0.717, 1.165) is 12.8 Å². The number of carbonyl (C=O) groups is 4. The quantitative estimate of drug-likeness (QED) is 0.247. The summed E-state index contributed by atoms with van der Waals surface area (Å²) in [6.45, 7) is 3.64. The van der Waals surface area contributed by atoms with E-state index in [1.54, 1.807) is 24.3 Å². The number of hydrogen-bond donors (Lipinski definition) is 4. The van der Waals surface area contributed by atoms with Crippen LogP contribution < -0.4 is 31.2 Å². The van der Waals surface area contributed by atoms with E-state index >= 15 is 0 Å². The molecule has 0 saturated carbocycles. The molecule has 10 nitrogen and oxygen atoms in total. The molecule has 194 valence electrons. The maximum absolute atomic E-state index is 11.8. The monoisotopic (exact) mass is 498 g/mol. The molecule has 0 unspecified atom stereocenters. The minimum absolute atomic E-state index is 0.129. The molecular weight excluding hydrogens is 464 g/mol. The summed E-state index contributed by atoms with van der Waals surface area (Å²) in [5.41, 5.74) is 11.5. The zero-order valence-corrected chi connectivity index (χ0v) is 20.7. The number of unbranched alkanes of at least 4 members (excludes halogenated alkanes) is 1. The molecule has 2 aromatic carbocycles. The van der Waals surface area contributed by atoms with E-state index in [4.69, 9.17) is 9.47 Å². The van der Waals surface area contributed by atoms with Crippen LogP contribution >= 0.6 is 0 Å². The normalized spacial score (nSPS) is 10.2. The summed E-state index contributed by atoms with van der Waals surface area (Å²) in [5.74, 6) is -0.600. The van der Waals surface area contributed by atoms with Crippen molar-refractivity contribution >= 4 is 23.6 Å². The van der Waals surface area contributed by atoms with Gasteiger partial charge in [-0.3, -0.25) is 40.9 Å². The van der Waals surface area contributed by atoms with Crippen LogP contribution in [-0.4, -0.2) is 36.8 Å². The van der Waals surface area contributed by atoms with Gasteiger partial charge in [-0.15, -0.1) is 0 Å². The Morgan fingerprint density at radius 1 is 0.556 bits per heavy atom. The molecule has 36 heavy (non-hydrogen) atoms. The van der Waals surface area contributed by atoms with Crippen molar-refractivity contribution < 1.29 is 28.7 Å². The van der Waals surface area contributed by atoms with Crippen molar-refractivity contribution in [3.8, 4) is 11.5 Å². The lowest BCUT2D eigenvalue weighted by Gasteiger charge is -2.10. The highest BCUT2D eigenvalue weighted by Crippen LogP contribution is 2.13. The maximum Gasteiger partial charge on any atom is 0.276 e. The fourth-order valence-corrected chi connectivity index (χ4v) is 2.99. The van der Waals surface area contributed by atoms with Crippen molar-refractivity contribution in [2.45, 2.75) is 52.4 Å². The Morgan fingerprint density at radius 2 is 0.889 bits per heavy atom. The van der Waals surface area contributed by atoms with Crippen molar-refractivity contribution in [1.82, 2.24) is 21.7 Å². The van der Waals surface area contributed by atoms with Crippen LogP contribution in [0, 0.1) is 0 Å². The van der Waals surface area contributed by atoms with Gasteiger partial charge in [0.05, 0.1) is 0 Å². The van der Waals surface area contributed by atoms with Gasteiger partial charge in [-0.2, -0.15) is 0 Å².